The molecule has 0 spiro atoms. The molecule has 182 valence electrons. The van der Waals surface area contributed by atoms with E-state index in [4.69, 9.17) is 0 Å². The van der Waals surface area contributed by atoms with Crippen LogP contribution >= 0.6 is 247 Å². The average Bonchev–Trinajstić information content (AvgIpc) is 2.81. The van der Waals surface area contributed by atoms with Crippen LogP contribution < -0.4 is 0 Å². The topological polar surface area (TPSA) is 0 Å². The van der Waals surface area contributed by atoms with Gasteiger partial charge < -0.3 is 0 Å². The van der Waals surface area contributed by atoms with Gasteiger partial charge in [0.15, 0.2) is 0 Å². The second-order valence-corrected chi connectivity index (χ2v) is 19.1. The third-order valence-electron chi connectivity index (χ3n) is 3.93. The Morgan fingerprint density at radius 3 is 0.588 bits per heavy atom. The maximum Gasteiger partial charge on any atom is 0.0483 e. The monoisotopic (exact) mass is 1380 g/mol. The molecule has 0 nitrogen and oxygen atoms in total. The lowest BCUT2D eigenvalue weighted by atomic mass is 10.3. The standard InChI is InChI=1S/C18Br14S2/c19-1-3(21)8(26)15(9(27)4(1)22)33-17-12(30)7(25)13(31)18(14(17)32)34-16-10(28)5(23)2(20)6(24)11(16)29. The van der Waals surface area contributed by atoms with Crippen LogP contribution in [0.1, 0.15) is 0 Å². The molecule has 3 aromatic carbocycles. The molecule has 0 unspecified atom stereocenters. The normalized spacial score (nSPS) is 11.5. The Kier molecular flexibility index (Phi) is 13.9. The summed E-state index contributed by atoms with van der Waals surface area (Å²) in [7, 11) is 0. The summed E-state index contributed by atoms with van der Waals surface area (Å²) in [6, 6.07) is 0. The van der Waals surface area contributed by atoms with E-state index in [1.165, 1.54) is 0 Å². The first-order valence-corrected chi connectivity index (χ1v) is 20.7. The highest BCUT2D eigenvalue weighted by molar-refractivity contribution is 9.17. The molecular formula is C18Br14S2. The van der Waals surface area contributed by atoms with Crippen molar-refractivity contribution >= 4 is 247 Å². The molecular weight excluding hydrogens is 1400 g/mol. The summed E-state index contributed by atoms with van der Waals surface area (Å²) in [5.74, 6) is 0. The second-order valence-electron chi connectivity index (χ2n) is 5.92. The minimum Gasteiger partial charge on any atom is -0.0852 e. The Bertz CT molecular complexity index is 1200. The summed E-state index contributed by atoms with van der Waals surface area (Å²) in [6.45, 7) is 0. The third kappa shape index (κ3) is 6.67. The molecule has 34 heavy (non-hydrogen) atoms. The van der Waals surface area contributed by atoms with Crippen molar-refractivity contribution in [3.8, 4) is 0 Å². The lowest BCUT2D eigenvalue weighted by Crippen LogP contribution is -1.92. The van der Waals surface area contributed by atoms with Gasteiger partial charge in [0.05, 0.1) is 0 Å². The van der Waals surface area contributed by atoms with Gasteiger partial charge in [0, 0.05) is 82.2 Å². The van der Waals surface area contributed by atoms with Crippen LogP contribution in [-0.2, 0) is 0 Å². The molecule has 0 bridgehead atoms. The van der Waals surface area contributed by atoms with Gasteiger partial charge in [0.25, 0.3) is 0 Å². The van der Waals surface area contributed by atoms with Crippen molar-refractivity contribution in [3.05, 3.63) is 62.6 Å². The van der Waals surface area contributed by atoms with E-state index >= 15 is 0 Å². The zero-order valence-corrected chi connectivity index (χ0v) is 38.9. The van der Waals surface area contributed by atoms with Crippen LogP contribution in [0.4, 0.5) is 0 Å². The number of benzene rings is 3. The minimum absolute atomic E-state index is 0.908. The summed E-state index contributed by atoms with van der Waals surface area (Å²) in [5.41, 5.74) is 0. The summed E-state index contributed by atoms with van der Waals surface area (Å²) in [4.78, 5) is 4.01. The molecule has 0 aliphatic heterocycles. The van der Waals surface area contributed by atoms with E-state index in [1.807, 2.05) is 0 Å². The molecule has 0 aliphatic rings. The Labute approximate surface area is 322 Å². The maximum atomic E-state index is 3.88. The van der Waals surface area contributed by atoms with E-state index < -0.39 is 0 Å². The molecule has 0 amide bonds. The zero-order valence-electron chi connectivity index (χ0n) is 15.1. The van der Waals surface area contributed by atoms with Crippen molar-refractivity contribution in [3.63, 3.8) is 0 Å². The fraction of sp³-hybridized carbons (Fsp3) is 0. The Morgan fingerprint density at radius 1 is 0.206 bits per heavy atom. The molecule has 0 N–H and O–H groups in total. The van der Waals surface area contributed by atoms with Crippen molar-refractivity contribution < 1.29 is 0 Å². The summed E-state index contributed by atoms with van der Waals surface area (Å²) < 4.78 is 12.9. The first kappa shape index (κ1) is 33.6. The van der Waals surface area contributed by atoms with E-state index in [9.17, 15) is 0 Å². The lowest BCUT2D eigenvalue weighted by molar-refractivity contribution is 1.17. The summed E-state index contributed by atoms with van der Waals surface area (Å²) in [5, 5.41) is 0. The quantitative estimate of drug-likeness (QED) is 0.189. The molecule has 0 aromatic heterocycles. The van der Waals surface area contributed by atoms with Gasteiger partial charge in [-0.25, -0.2) is 0 Å². The summed E-state index contributed by atoms with van der Waals surface area (Å²) in [6.07, 6.45) is 0. The maximum absolute atomic E-state index is 3.88. The van der Waals surface area contributed by atoms with E-state index in [-0.39, 0.29) is 0 Å². The number of hydrogen-bond donors (Lipinski definition) is 0. The SMILES string of the molecule is Brc1c(Br)c(Br)c(Sc2c(Br)c(Br)c(Br)c(Sc3c(Br)c(Br)c(Br)c(Br)c3Br)c2Br)c(Br)c1Br. The molecule has 16 heteroatoms. The highest BCUT2D eigenvalue weighted by Crippen LogP contribution is 2.58. The molecule has 3 aromatic rings. The fourth-order valence-electron chi connectivity index (χ4n) is 2.32. The van der Waals surface area contributed by atoms with Gasteiger partial charge in [-0.2, -0.15) is 0 Å². The van der Waals surface area contributed by atoms with Crippen molar-refractivity contribution in [2.45, 2.75) is 19.6 Å². The molecule has 3 rings (SSSR count). The zero-order chi connectivity index (χ0) is 25.8. The van der Waals surface area contributed by atoms with E-state index in [1.54, 1.807) is 23.5 Å². The molecule has 0 aliphatic carbocycles. The van der Waals surface area contributed by atoms with Crippen molar-refractivity contribution in [1.29, 1.82) is 0 Å². The van der Waals surface area contributed by atoms with Gasteiger partial charge in [0.1, 0.15) is 0 Å². The number of rotatable bonds is 4. The minimum atomic E-state index is 0.908. The Hall–Kier alpha value is 5.08. The Morgan fingerprint density at radius 2 is 0.353 bits per heavy atom. The first-order valence-electron chi connectivity index (χ1n) is 7.96. The van der Waals surface area contributed by atoms with Gasteiger partial charge in [-0.1, -0.05) is 23.5 Å². The fourth-order valence-corrected chi connectivity index (χ4v) is 15.5. The third-order valence-corrected chi connectivity index (χ3v) is 24.9. The lowest BCUT2D eigenvalue weighted by Gasteiger charge is -2.20. The molecule has 0 fully saturated rings. The number of hydrogen-bond acceptors (Lipinski definition) is 2. The van der Waals surface area contributed by atoms with Crippen LogP contribution in [0.2, 0.25) is 0 Å². The van der Waals surface area contributed by atoms with Crippen molar-refractivity contribution in [1.82, 2.24) is 0 Å². The highest BCUT2D eigenvalue weighted by Gasteiger charge is 2.27. The molecule has 0 atom stereocenters. The van der Waals surface area contributed by atoms with E-state index in [2.05, 4.69) is 223 Å². The van der Waals surface area contributed by atoms with Gasteiger partial charge in [-0.15, -0.1) is 0 Å². The van der Waals surface area contributed by atoms with Crippen LogP contribution in [0.25, 0.3) is 0 Å². The van der Waals surface area contributed by atoms with Crippen LogP contribution in [-0.4, -0.2) is 0 Å². The Balaban J connectivity index is 2.24. The predicted molar refractivity (Wildman–Crippen MR) is 195 cm³/mol. The van der Waals surface area contributed by atoms with Crippen molar-refractivity contribution in [2.75, 3.05) is 0 Å². The summed E-state index contributed by atoms with van der Waals surface area (Å²) >= 11 is 55.2. The molecule has 0 heterocycles. The van der Waals surface area contributed by atoms with Crippen LogP contribution in [0.3, 0.4) is 0 Å². The first-order chi connectivity index (χ1) is 15.7. The van der Waals surface area contributed by atoms with E-state index in [0.717, 1.165) is 82.2 Å². The largest absolute Gasteiger partial charge is 0.0852 e. The highest BCUT2D eigenvalue weighted by atomic mass is 79.9. The average molecular weight is 1400 g/mol. The molecule has 0 saturated heterocycles. The number of halogens is 14. The second kappa shape index (κ2) is 14.0. The van der Waals surface area contributed by atoms with Crippen LogP contribution in [0.15, 0.2) is 82.2 Å². The van der Waals surface area contributed by atoms with E-state index in [0.29, 0.717) is 0 Å². The van der Waals surface area contributed by atoms with Crippen molar-refractivity contribution in [2.24, 2.45) is 0 Å². The van der Waals surface area contributed by atoms with Gasteiger partial charge in [0.2, 0.25) is 0 Å². The molecule has 0 saturated carbocycles. The molecule has 0 radical (unpaired) electrons. The van der Waals surface area contributed by atoms with Gasteiger partial charge in [-0.05, 0) is 223 Å². The van der Waals surface area contributed by atoms with Gasteiger partial charge >= 0.3 is 0 Å². The van der Waals surface area contributed by atoms with Crippen LogP contribution in [0.5, 0.6) is 0 Å². The van der Waals surface area contributed by atoms with Crippen LogP contribution in [0, 0.1) is 0 Å². The predicted octanol–water partition coefficient (Wildman–Crippen LogP) is 16.7. The van der Waals surface area contributed by atoms with Gasteiger partial charge in [-0.3, -0.25) is 0 Å². The smallest absolute Gasteiger partial charge is 0.0483 e.